The largest absolute Gasteiger partial charge is 0.507 e. The summed E-state index contributed by atoms with van der Waals surface area (Å²) >= 11 is 1.42. The third kappa shape index (κ3) is 4.41. The summed E-state index contributed by atoms with van der Waals surface area (Å²) in [7, 11) is 0. The average Bonchev–Trinajstić information content (AvgIpc) is 3.73. The van der Waals surface area contributed by atoms with E-state index in [1.165, 1.54) is 24.0 Å². The maximum atomic E-state index is 15.5. The second-order valence-electron chi connectivity index (χ2n) is 9.87. The van der Waals surface area contributed by atoms with Crippen molar-refractivity contribution >= 4 is 17.6 Å². The van der Waals surface area contributed by atoms with Crippen LogP contribution in [-0.4, -0.2) is 61.9 Å². The minimum Gasteiger partial charge on any atom is -0.507 e. The Hall–Kier alpha value is -2.85. The molecule has 3 aromatic rings. The van der Waals surface area contributed by atoms with Crippen LogP contribution in [0.4, 0.5) is 14.6 Å². The summed E-state index contributed by atoms with van der Waals surface area (Å²) in [6.07, 6.45) is 9.53. The summed E-state index contributed by atoms with van der Waals surface area (Å²) in [6.45, 7) is 0. The van der Waals surface area contributed by atoms with Crippen molar-refractivity contribution in [3.8, 4) is 28.3 Å². The fourth-order valence-corrected chi connectivity index (χ4v) is 5.97. The molecule has 2 aromatic heterocycles. The van der Waals surface area contributed by atoms with Crippen LogP contribution >= 0.6 is 11.8 Å². The summed E-state index contributed by atoms with van der Waals surface area (Å²) in [5.41, 5.74) is 1.29. The van der Waals surface area contributed by atoms with Crippen molar-refractivity contribution in [2.75, 3.05) is 11.2 Å². The van der Waals surface area contributed by atoms with Gasteiger partial charge >= 0.3 is 0 Å². The van der Waals surface area contributed by atoms with Crippen LogP contribution in [0.25, 0.3) is 22.5 Å². The molecule has 4 heterocycles. The Morgan fingerprint density at radius 1 is 1.06 bits per heavy atom. The van der Waals surface area contributed by atoms with Crippen molar-refractivity contribution in [3.63, 3.8) is 0 Å². The van der Waals surface area contributed by atoms with Crippen molar-refractivity contribution < 1.29 is 13.9 Å². The van der Waals surface area contributed by atoms with Crippen LogP contribution in [0, 0.1) is 5.82 Å². The molecule has 2 saturated heterocycles. The van der Waals surface area contributed by atoms with Crippen molar-refractivity contribution in [1.29, 1.82) is 0 Å². The van der Waals surface area contributed by atoms with Crippen molar-refractivity contribution in [1.82, 2.24) is 25.5 Å². The number of nitrogens with one attached hydrogen (secondary N) is 1. The van der Waals surface area contributed by atoms with E-state index in [1.54, 1.807) is 24.4 Å². The van der Waals surface area contributed by atoms with E-state index in [9.17, 15) is 9.50 Å². The van der Waals surface area contributed by atoms with Crippen LogP contribution in [-0.2, 0) is 0 Å². The molecule has 6 rings (SSSR count). The van der Waals surface area contributed by atoms with Crippen molar-refractivity contribution in [2.45, 2.75) is 73.9 Å². The van der Waals surface area contributed by atoms with Gasteiger partial charge in [-0.2, -0.15) is 0 Å². The lowest BCUT2D eigenvalue weighted by atomic mass is 9.82. The molecule has 0 unspecified atom stereocenters. The van der Waals surface area contributed by atoms with Gasteiger partial charge < -0.3 is 15.3 Å². The first-order chi connectivity index (χ1) is 17.5. The predicted octanol–water partition coefficient (Wildman–Crippen LogP) is 4.76. The van der Waals surface area contributed by atoms with Gasteiger partial charge in [-0.15, -0.1) is 22.0 Å². The Kier molecular flexibility index (Phi) is 6.25. The molecular weight excluding hydrogens is 482 g/mol. The van der Waals surface area contributed by atoms with Crippen LogP contribution in [0.3, 0.4) is 0 Å². The highest BCUT2D eigenvalue weighted by Gasteiger charge is 2.46. The Labute approximate surface area is 212 Å². The van der Waals surface area contributed by atoms with Gasteiger partial charge in [-0.1, -0.05) is 12.5 Å². The van der Waals surface area contributed by atoms with Gasteiger partial charge in [0.2, 0.25) is 0 Å². The molecule has 3 aliphatic rings. The SMILES string of the molecule is CSc1cc(-c2ccc(-c3ncc(N(C4CC4)[C@H]4C[C@H]5CCC[C@H](N5)[C@H]4F)nn3)c(O)c2)c(F)cn1. The number of benzene rings is 1. The molecule has 188 valence electrons. The number of fused-ring (bicyclic) bond motifs is 2. The smallest absolute Gasteiger partial charge is 0.185 e. The third-order valence-electron chi connectivity index (χ3n) is 7.50. The van der Waals surface area contributed by atoms with Gasteiger partial charge in [0.1, 0.15) is 17.7 Å². The zero-order chi connectivity index (χ0) is 24.8. The Balaban J connectivity index is 1.26. The lowest BCUT2D eigenvalue weighted by Crippen LogP contribution is -2.62. The molecule has 1 aliphatic carbocycles. The second-order valence-corrected chi connectivity index (χ2v) is 10.7. The molecule has 36 heavy (non-hydrogen) atoms. The molecular formula is C26H28F2N6OS. The number of hydrogen-bond donors (Lipinski definition) is 2. The topological polar surface area (TPSA) is 87.1 Å². The number of pyridine rings is 1. The van der Waals surface area contributed by atoms with Crippen LogP contribution in [0.15, 0.2) is 41.7 Å². The van der Waals surface area contributed by atoms with E-state index >= 15 is 4.39 Å². The van der Waals surface area contributed by atoms with Gasteiger partial charge in [0, 0.05) is 23.7 Å². The highest BCUT2D eigenvalue weighted by atomic mass is 32.2. The van der Waals surface area contributed by atoms with Gasteiger partial charge in [0.25, 0.3) is 0 Å². The number of thioether (sulfide) groups is 1. The number of phenols is 1. The van der Waals surface area contributed by atoms with Crippen molar-refractivity contribution in [2.24, 2.45) is 0 Å². The molecule has 0 radical (unpaired) electrons. The molecule has 0 amide bonds. The number of anilines is 1. The van der Waals surface area contributed by atoms with Crippen molar-refractivity contribution in [3.05, 3.63) is 42.5 Å². The van der Waals surface area contributed by atoms with E-state index in [1.807, 2.05) is 6.26 Å². The van der Waals surface area contributed by atoms with E-state index in [4.69, 9.17) is 0 Å². The second kappa shape index (κ2) is 9.55. The highest BCUT2D eigenvalue weighted by molar-refractivity contribution is 7.98. The number of alkyl halides is 1. The third-order valence-corrected chi connectivity index (χ3v) is 8.14. The van der Waals surface area contributed by atoms with Crippen LogP contribution in [0.5, 0.6) is 5.75 Å². The van der Waals surface area contributed by atoms with Crippen LogP contribution < -0.4 is 10.2 Å². The van der Waals surface area contributed by atoms with E-state index in [0.717, 1.165) is 38.5 Å². The Morgan fingerprint density at radius 2 is 1.92 bits per heavy atom. The number of aromatic hydroxyl groups is 1. The fourth-order valence-electron chi connectivity index (χ4n) is 5.58. The lowest BCUT2D eigenvalue weighted by Gasteiger charge is -2.47. The lowest BCUT2D eigenvalue weighted by molar-refractivity contribution is 0.104. The zero-order valence-electron chi connectivity index (χ0n) is 19.9. The normalized spacial score (nSPS) is 25.5. The van der Waals surface area contributed by atoms with Gasteiger partial charge in [-0.25, -0.2) is 18.7 Å². The number of rotatable bonds is 6. The predicted molar refractivity (Wildman–Crippen MR) is 135 cm³/mol. The molecule has 2 N–H and O–H groups in total. The maximum absolute atomic E-state index is 15.5. The zero-order valence-corrected chi connectivity index (χ0v) is 20.8. The van der Waals surface area contributed by atoms with Gasteiger partial charge in [-0.3, -0.25) is 0 Å². The number of nitrogens with zero attached hydrogens (tertiary/aromatic N) is 5. The quantitative estimate of drug-likeness (QED) is 0.459. The number of halogens is 2. The van der Waals surface area contributed by atoms with Crippen LogP contribution in [0.1, 0.15) is 38.5 Å². The minimum atomic E-state index is -0.958. The summed E-state index contributed by atoms with van der Waals surface area (Å²) < 4.78 is 29.8. The van der Waals surface area contributed by atoms with E-state index in [-0.39, 0.29) is 29.7 Å². The Morgan fingerprint density at radius 3 is 2.64 bits per heavy atom. The highest BCUT2D eigenvalue weighted by Crippen LogP contribution is 2.39. The molecule has 1 aromatic carbocycles. The van der Waals surface area contributed by atoms with E-state index < -0.39 is 12.0 Å². The molecule has 2 aliphatic heterocycles. The maximum Gasteiger partial charge on any atom is 0.185 e. The number of phenolic OH excluding ortho intramolecular Hbond substituents is 1. The molecule has 10 heteroatoms. The standard InChI is InChI=1S/C26H28F2N6OS/c1-36-24-11-18(19(27)12-29-24)14-5-8-17(22(35)9-14)26-30-13-23(32-33-26)34(16-6-7-16)21-10-15-3-2-4-20(31-15)25(21)28/h5,8-9,11-13,15-16,20-21,25,31,35H,2-4,6-7,10H2,1H3/t15-,20+,21+,25-/m1/s1. The minimum absolute atomic E-state index is 0.0713. The van der Waals surface area contributed by atoms with Gasteiger partial charge in [0.15, 0.2) is 11.6 Å². The number of piperidine rings is 2. The van der Waals surface area contributed by atoms with E-state index in [0.29, 0.717) is 33.6 Å². The Bertz CT molecular complexity index is 1260. The molecule has 4 atom stereocenters. The molecule has 3 fully saturated rings. The van der Waals surface area contributed by atoms with E-state index in [2.05, 4.69) is 30.4 Å². The van der Waals surface area contributed by atoms with Crippen LogP contribution in [0.2, 0.25) is 0 Å². The molecule has 0 spiro atoms. The fraction of sp³-hybridized carbons (Fsp3) is 0.462. The summed E-state index contributed by atoms with van der Waals surface area (Å²) in [6, 6.07) is 6.80. The van der Waals surface area contributed by atoms with Gasteiger partial charge in [0.05, 0.1) is 29.0 Å². The summed E-state index contributed by atoms with van der Waals surface area (Å²) in [5, 5.41) is 23.6. The molecule has 1 saturated carbocycles. The summed E-state index contributed by atoms with van der Waals surface area (Å²) in [4.78, 5) is 10.6. The number of aromatic nitrogens is 4. The first kappa shape index (κ1) is 23.5. The van der Waals surface area contributed by atoms with Gasteiger partial charge in [-0.05, 0) is 62.1 Å². The number of hydrogen-bond acceptors (Lipinski definition) is 8. The first-order valence-corrected chi connectivity index (χ1v) is 13.7. The first-order valence-electron chi connectivity index (χ1n) is 12.4. The monoisotopic (exact) mass is 510 g/mol. The average molecular weight is 511 g/mol. The molecule has 2 bridgehead atoms. The molecule has 7 nitrogen and oxygen atoms in total. The summed E-state index contributed by atoms with van der Waals surface area (Å²) in [5.74, 6) is 0.305.